The fourth-order valence-electron chi connectivity index (χ4n) is 2.53. The number of carbonyl (C=O) groups excluding carboxylic acids is 1. The molecule has 0 radical (unpaired) electrons. The minimum absolute atomic E-state index is 0.0461. The summed E-state index contributed by atoms with van der Waals surface area (Å²) in [5.41, 5.74) is 2.89. The van der Waals surface area contributed by atoms with Crippen LogP contribution in [-0.2, 0) is 0 Å². The van der Waals surface area contributed by atoms with Crippen molar-refractivity contribution in [2.75, 3.05) is 0 Å². The van der Waals surface area contributed by atoms with E-state index < -0.39 is 0 Å². The summed E-state index contributed by atoms with van der Waals surface area (Å²) in [6.45, 7) is 3.86. The Hall–Kier alpha value is -2.59. The quantitative estimate of drug-likeness (QED) is 0.769. The first-order valence-electron chi connectivity index (χ1n) is 7.77. The molecule has 0 saturated carbocycles. The number of benzene rings is 2. The standard InChI is InChI=1S/C19H18ClN3O/c1-13(2)22-19(24)15-12-21-23(17-11-7-6-10-16(17)20)18(15)14-8-4-3-5-9-14/h3-13H,1-2H3,(H,22,24). The molecule has 4 nitrogen and oxygen atoms in total. The summed E-state index contributed by atoms with van der Waals surface area (Å²) in [7, 11) is 0. The summed E-state index contributed by atoms with van der Waals surface area (Å²) < 4.78 is 1.72. The van der Waals surface area contributed by atoms with Gasteiger partial charge in [0.2, 0.25) is 0 Å². The molecule has 5 heteroatoms. The lowest BCUT2D eigenvalue weighted by atomic mass is 10.1. The van der Waals surface area contributed by atoms with Crippen LogP contribution in [0.2, 0.25) is 5.02 Å². The number of carbonyl (C=O) groups is 1. The first-order chi connectivity index (χ1) is 11.6. The summed E-state index contributed by atoms with van der Waals surface area (Å²) in [5.74, 6) is -0.151. The zero-order valence-electron chi connectivity index (χ0n) is 13.5. The van der Waals surface area contributed by atoms with Gasteiger partial charge in [0.15, 0.2) is 0 Å². The van der Waals surface area contributed by atoms with Gasteiger partial charge in [-0.3, -0.25) is 4.79 Å². The van der Waals surface area contributed by atoms with Gasteiger partial charge in [-0.25, -0.2) is 4.68 Å². The van der Waals surface area contributed by atoms with E-state index in [2.05, 4.69) is 10.4 Å². The fourth-order valence-corrected chi connectivity index (χ4v) is 2.75. The van der Waals surface area contributed by atoms with Crippen LogP contribution in [0.25, 0.3) is 16.9 Å². The maximum atomic E-state index is 12.6. The summed E-state index contributed by atoms with van der Waals surface area (Å²) in [6.07, 6.45) is 1.59. The molecule has 0 aliphatic carbocycles. The topological polar surface area (TPSA) is 46.9 Å². The number of amides is 1. The number of nitrogens with zero attached hydrogens (tertiary/aromatic N) is 2. The van der Waals surface area contributed by atoms with Gasteiger partial charge in [-0.2, -0.15) is 5.10 Å². The molecule has 3 rings (SSSR count). The highest BCUT2D eigenvalue weighted by Crippen LogP contribution is 2.29. The Bertz CT molecular complexity index is 856. The summed E-state index contributed by atoms with van der Waals surface area (Å²) in [4.78, 5) is 12.6. The first kappa shape index (κ1) is 16.3. The van der Waals surface area contributed by atoms with E-state index in [1.165, 1.54) is 0 Å². The van der Waals surface area contributed by atoms with E-state index in [-0.39, 0.29) is 11.9 Å². The molecule has 2 aromatic carbocycles. The lowest BCUT2D eigenvalue weighted by molar-refractivity contribution is 0.0944. The first-order valence-corrected chi connectivity index (χ1v) is 8.15. The Morgan fingerprint density at radius 3 is 2.42 bits per heavy atom. The molecule has 1 heterocycles. The summed E-state index contributed by atoms with van der Waals surface area (Å²) in [6, 6.07) is 17.2. The molecule has 0 bridgehead atoms. The largest absolute Gasteiger partial charge is 0.350 e. The van der Waals surface area contributed by atoms with Crippen molar-refractivity contribution in [2.24, 2.45) is 0 Å². The number of rotatable bonds is 4. The van der Waals surface area contributed by atoms with Crippen molar-refractivity contribution >= 4 is 17.5 Å². The number of nitrogens with one attached hydrogen (secondary N) is 1. The van der Waals surface area contributed by atoms with Crippen molar-refractivity contribution in [3.63, 3.8) is 0 Å². The predicted octanol–water partition coefficient (Wildman–Crippen LogP) is 4.33. The third-order valence-electron chi connectivity index (χ3n) is 3.56. The Morgan fingerprint density at radius 1 is 1.08 bits per heavy atom. The van der Waals surface area contributed by atoms with E-state index in [1.54, 1.807) is 16.9 Å². The van der Waals surface area contributed by atoms with Gasteiger partial charge in [0, 0.05) is 11.6 Å². The van der Waals surface area contributed by atoms with Crippen LogP contribution in [0.3, 0.4) is 0 Å². The van der Waals surface area contributed by atoms with E-state index in [9.17, 15) is 4.79 Å². The monoisotopic (exact) mass is 339 g/mol. The Balaban J connectivity index is 2.19. The van der Waals surface area contributed by atoms with Gasteiger partial charge < -0.3 is 5.32 Å². The third-order valence-corrected chi connectivity index (χ3v) is 3.88. The molecular formula is C19H18ClN3O. The maximum Gasteiger partial charge on any atom is 0.255 e. The maximum absolute atomic E-state index is 12.6. The molecule has 0 unspecified atom stereocenters. The van der Waals surface area contributed by atoms with Crippen LogP contribution in [-0.4, -0.2) is 21.7 Å². The smallest absolute Gasteiger partial charge is 0.255 e. The van der Waals surface area contributed by atoms with Crippen LogP contribution in [0.5, 0.6) is 0 Å². The number of aromatic nitrogens is 2. The average molecular weight is 340 g/mol. The van der Waals surface area contributed by atoms with Crippen LogP contribution >= 0.6 is 11.6 Å². The molecular weight excluding hydrogens is 322 g/mol. The molecule has 0 saturated heterocycles. The van der Waals surface area contributed by atoms with Crippen molar-refractivity contribution in [1.82, 2.24) is 15.1 Å². The predicted molar refractivity (Wildman–Crippen MR) is 96.6 cm³/mol. The molecule has 0 fully saturated rings. The molecule has 1 amide bonds. The Labute approximate surface area is 146 Å². The molecule has 3 aromatic rings. The van der Waals surface area contributed by atoms with Gasteiger partial charge >= 0.3 is 0 Å². The second kappa shape index (κ2) is 6.89. The van der Waals surface area contributed by atoms with Gasteiger partial charge in [0.25, 0.3) is 5.91 Å². The number of hydrogen-bond acceptors (Lipinski definition) is 2. The minimum Gasteiger partial charge on any atom is -0.350 e. The number of hydrogen-bond donors (Lipinski definition) is 1. The Kier molecular flexibility index (Phi) is 4.67. The highest BCUT2D eigenvalue weighted by atomic mass is 35.5. The highest BCUT2D eigenvalue weighted by molar-refractivity contribution is 6.32. The van der Waals surface area contributed by atoms with Gasteiger partial charge in [0.1, 0.15) is 0 Å². The molecule has 0 aliphatic rings. The zero-order valence-corrected chi connectivity index (χ0v) is 14.3. The van der Waals surface area contributed by atoms with Crippen LogP contribution < -0.4 is 5.32 Å². The van der Waals surface area contributed by atoms with Crippen molar-refractivity contribution in [3.05, 3.63) is 71.4 Å². The van der Waals surface area contributed by atoms with Gasteiger partial charge in [0.05, 0.1) is 28.2 Å². The van der Waals surface area contributed by atoms with E-state index in [0.29, 0.717) is 10.6 Å². The van der Waals surface area contributed by atoms with E-state index in [4.69, 9.17) is 11.6 Å². The van der Waals surface area contributed by atoms with Crippen LogP contribution in [0.1, 0.15) is 24.2 Å². The summed E-state index contributed by atoms with van der Waals surface area (Å²) >= 11 is 6.33. The molecule has 1 aromatic heterocycles. The van der Waals surface area contributed by atoms with E-state index >= 15 is 0 Å². The van der Waals surface area contributed by atoms with Crippen molar-refractivity contribution in [2.45, 2.75) is 19.9 Å². The van der Waals surface area contributed by atoms with Crippen LogP contribution in [0.4, 0.5) is 0 Å². The van der Waals surface area contributed by atoms with E-state index in [1.807, 2.05) is 62.4 Å². The number of halogens is 1. The molecule has 1 N–H and O–H groups in total. The average Bonchev–Trinajstić information content (AvgIpc) is 3.00. The van der Waals surface area contributed by atoms with Gasteiger partial charge in [-0.15, -0.1) is 0 Å². The minimum atomic E-state index is -0.151. The summed E-state index contributed by atoms with van der Waals surface area (Å²) in [5, 5.41) is 7.92. The molecule has 0 aliphatic heterocycles. The van der Waals surface area contributed by atoms with E-state index in [0.717, 1.165) is 16.9 Å². The van der Waals surface area contributed by atoms with Crippen LogP contribution in [0, 0.1) is 0 Å². The van der Waals surface area contributed by atoms with Gasteiger partial charge in [-0.1, -0.05) is 54.1 Å². The second-order valence-corrected chi connectivity index (χ2v) is 6.17. The van der Waals surface area contributed by atoms with Crippen molar-refractivity contribution in [3.8, 4) is 16.9 Å². The number of para-hydroxylation sites is 1. The second-order valence-electron chi connectivity index (χ2n) is 5.76. The van der Waals surface area contributed by atoms with Crippen LogP contribution in [0.15, 0.2) is 60.8 Å². The van der Waals surface area contributed by atoms with Crippen molar-refractivity contribution < 1.29 is 4.79 Å². The zero-order chi connectivity index (χ0) is 17.1. The fraction of sp³-hybridized carbons (Fsp3) is 0.158. The lowest BCUT2D eigenvalue weighted by Gasteiger charge is -2.12. The molecule has 0 atom stereocenters. The lowest BCUT2D eigenvalue weighted by Crippen LogP contribution is -2.30. The molecule has 24 heavy (non-hydrogen) atoms. The van der Waals surface area contributed by atoms with Gasteiger partial charge in [-0.05, 0) is 26.0 Å². The third kappa shape index (κ3) is 3.19. The highest BCUT2D eigenvalue weighted by Gasteiger charge is 2.21. The normalized spacial score (nSPS) is 10.8. The van der Waals surface area contributed by atoms with Crippen molar-refractivity contribution in [1.29, 1.82) is 0 Å². The molecule has 122 valence electrons. The molecule has 0 spiro atoms. The Morgan fingerprint density at radius 2 is 1.75 bits per heavy atom. The SMILES string of the molecule is CC(C)NC(=O)c1cnn(-c2ccccc2Cl)c1-c1ccccc1.